The van der Waals surface area contributed by atoms with Crippen LogP contribution in [0.3, 0.4) is 0 Å². The first kappa shape index (κ1) is 9.29. The van der Waals surface area contributed by atoms with Gasteiger partial charge in [-0.15, -0.1) is 5.10 Å². The van der Waals surface area contributed by atoms with Crippen molar-refractivity contribution in [3.63, 3.8) is 0 Å². The van der Waals surface area contributed by atoms with Crippen LogP contribution in [-0.2, 0) is 4.84 Å². The number of nitrogens with zero attached hydrogens (tertiary/aromatic N) is 4. The van der Waals surface area contributed by atoms with Crippen LogP contribution in [0.4, 0.5) is 5.95 Å². The Hall–Kier alpha value is -1.27. The predicted molar refractivity (Wildman–Crippen MR) is 48.6 cm³/mol. The van der Waals surface area contributed by atoms with Crippen molar-refractivity contribution in [3.8, 4) is 0 Å². The number of anilines is 1. The quantitative estimate of drug-likeness (QED) is 0.659. The maximum atomic E-state index is 9.24. The summed E-state index contributed by atoms with van der Waals surface area (Å²) in [5.41, 5.74) is 1.62. The maximum absolute atomic E-state index is 9.24. The second kappa shape index (κ2) is 3.47. The van der Waals surface area contributed by atoms with Crippen LogP contribution in [-0.4, -0.2) is 39.5 Å². The molecular weight excluding hydrogens is 184 g/mol. The number of rotatable bonds is 1. The van der Waals surface area contributed by atoms with E-state index in [0.717, 1.165) is 11.4 Å². The number of hydrogen-bond donors (Lipinski definition) is 1. The highest BCUT2D eigenvalue weighted by molar-refractivity contribution is 5.27. The average molecular weight is 196 g/mol. The van der Waals surface area contributed by atoms with Crippen LogP contribution in [0.15, 0.2) is 0 Å². The lowest BCUT2D eigenvalue weighted by Gasteiger charge is -2.12. The fourth-order valence-electron chi connectivity index (χ4n) is 1.16. The number of aryl methyl sites for hydroxylation is 2. The van der Waals surface area contributed by atoms with Crippen LogP contribution in [0.5, 0.6) is 0 Å². The Balaban J connectivity index is 2.20. The molecule has 1 saturated heterocycles. The number of hydrogen-bond acceptors (Lipinski definition) is 6. The van der Waals surface area contributed by atoms with Crippen LogP contribution in [0, 0.1) is 13.8 Å². The van der Waals surface area contributed by atoms with Gasteiger partial charge in [-0.2, -0.15) is 5.10 Å². The zero-order valence-electron chi connectivity index (χ0n) is 8.14. The van der Waals surface area contributed by atoms with Gasteiger partial charge in [0.05, 0.1) is 17.9 Å². The fourth-order valence-corrected chi connectivity index (χ4v) is 1.16. The largest absolute Gasteiger partial charge is 0.389 e. The molecule has 0 saturated carbocycles. The van der Waals surface area contributed by atoms with Gasteiger partial charge in [0.25, 0.3) is 5.95 Å². The molecule has 6 nitrogen and oxygen atoms in total. The number of hydroxylamine groups is 1. The van der Waals surface area contributed by atoms with Crippen molar-refractivity contribution >= 4 is 5.95 Å². The third-order valence-corrected chi connectivity index (χ3v) is 2.10. The smallest absolute Gasteiger partial charge is 0.269 e. The Kier molecular flexibility index (Phi) is 2.30. The summed E-state index contributed by atoms with van der Waals surface area (Å²) in [5, 5.41) is 18.5. The van der Waals surface area contributed by atoms with Crippen molar-refractivity contribution in [2.24, 2.45) is 0 Å². The molecule has 0 bridgehead atoms. The van der Waals surface area contributed by atoms with Gasteiger partial charge in [0.15, 0.2) is 0 Å². The third kappa shape index (κ3) is 1.66. The van der Waals surface area contributed by atoms with Gasteiger partial charge in [0, 0.05) is 0 Å². The van der Waals surface area contributed by atoms with Gasteiger partial charge < -0.3 is 5.11 Å². The van der Waals surface area contributed by atoms with Crippen molar-refractivity contribution < 1.29 is 9.94 Å². The van der Waals surface area contributed by atoms with Gasteiger partial charge in [-0.1, -0.05) is 0 Å². The van der Waals surface area contributed by atoms with E-state index < -0.39 is 6.10 Å². The molecule has 76 valence electrons. The second-order valence-electron chi connectivity index (χ2n) is 3.29. The van der Waals surface area contributed by atoms with E-state index in [1.54, 1.807) is 0 Å². The molecule has 6 heteroatoms. The van der Waals surface area contributed by atoms with E-state index in [0.29, 0.717) is 12.5 Å². The van der Waals surface area contributed by atoms with Gasteiger partial charge in [-0.3, -0.25) is 4.84 Å². The summed E-state index contributed by atoms with van der Waals surface area (Å²) in [6.07, 6.45) is -0.472. The van der Waals surface area contributed by atoms with Crippen LogP contribution in [0.1, 0.15) is 11.4 Å². The lowest BCUT2D eigenvalue weighted by Crippen LogP contribution is -2.23. The lowest BCUT2D eigenvalue weighted by molar-refractivity contribution is 0.114. The molecule has 0 spiro atoms. The molecule has 1 aliphatic heterocycles. The molecular formula is C8H12N4O2. The molecule has 0 radical (unpaired) electrons. The molecule has 1 atom stereocenters. The maximum Gasteiger partial charge on any atom is 0.269 e. The van der Waals surface area contributed by atoms with Crippen LogP contribution < -0.4 is 5.06 Å². The summed E-state index contributed by atoms with van der Waals surface area (Å²) in [6, 6.07) is 0. The summed E-state index contributed by atoms with van der Waals surface area (Å²) in [5.74, 6) is 0.407. The summed E-state index contributed by atoms with van der Waals surface area (Å²) in [6.45, 7) is 4.39. The fraction of sp³-hybridized carbons (Fsp3) is 0.625. The molecule has 1 unspecified atom stereocenters. The third-order valence-electron chi connectivity index (χ3n) is 2.10. The van der Waals surface area contributed by atoms with E-state index in [4.69, 9.17) is 4.84 Å². The summed E-state index contributed by atoms with van der Waals surface area (Å²) >= 11 is 0. The van der Waals surface area contributed by atoms with Crippen molar-refractivity contribution in [3.05, 3.63) is 11.4 Å². The first-order valence-corrected chi connectivity index (χ1v) is 4.43. The Morgan fingerprint density at radius 1 is 1.36 bits per heavy atom. The SMILES string of the molecule is Cc1nnc(N2CC(O)CO2)nc1C. The topological polar surface area (TPSA) is 71.4 Å². The first-order valence-electron chi connectivity index (χ1n) is 4.43. The van der Waals surface area contributed by atoms with Crippen LogP contribution in [0.2, 0.25) is 0 Å². The molecule has 0 aliphatic carbocycles. The normalized spacial score (nSPS) is 21.6. The monoisotopic (exact) mass is 196 g/mol. The van der Waals surface area contributed by atoms with E-state index in [1.807, 2.05) is 13.8 Å². The standard InChI is InChI=1S/C8H12N4O2/c1-5-6(2)10-11-8(9-5)12-3-7(13)4-14-12/h7,13H,3-4H2,1-2H3. The van der Waals surface area contributed by atoms with Gasteiger partial charge in [-0.25, -0.2) is 10.0 Å². The van der Waals surface area contributed by atoms with Gasteiger partial charge in [0.2, 0.25) is 0 Å². The van der Waals surface area contributed by atoms with Crippen LogP contribution >= 0.6 is 0 Å². The molecule has 1 aliphatic rings. The van der Waals surface area contributed by atoms with Crippen LogP contribution in [0.25, 0.3) is 0 Å². The molecule has 2 rings (SSSR count). The molecule has 0 amide bonds. The van der Waals surface area contributed by atoms with Gasteiger partial charge >= 0.3 is 0 Å². The van der Waals surface area contributed by atoms with E-state index in [-0.39, 0.29) is 6.61 Å². The van der Waals surface area contributed by atoms with Crippen molar-refractivity contribution in [1.82, 2.24) is 15.2 Å². The van der Waals surface area contributed by atoms with E-state index in [9.17, 15) is 5.11 Å². The minimum Gasteiger partial charge on any atom is -0.389 e. The first-order chi connectivity index (χ1) is 6.66. The second-order valence-corrected chi connectivity index (χ2v) is 3.29. The highest BCUT2D eigenvalue weighted by Crippen LogP contribution is 2.14. The minimum absolute atomic E-state index is 0.288. The summed E-state index contributed by atoms with van der Waals surface area (Å²) < 4.78 is 0. The molecule has 14 heavy (non-hydrogen) atoms. The van der Waals surface area contributed by atoms with E-state index in [1.165, 1.54) is 5.06 Å². The Morgan fingerprint density at radius 2 is 2.14 bits per heavy atom. The Bertz CT molecular complexity index is 344. The zero-order chi connectivity index (χ0) is 10.1. The molecule has 1 aromatic rings. The molecule has 0 aromatic carbocycles. The Labute approximate surface area is 81.5 Å². The van der Waals surface area contributed by atoms with Gasteiger partial charge in [0.1, 0.15) is 12.7 Å². The molecule has 1 fully saturated rings. The molecule has 2 heterocycles. The Morgan fingerprint density at radius 3 is 2.71 bits per heavy atom. The number of β-amino-alcohol motifs (C(OH)–C–C–N with tert-alkyl or cyclic N) is 1. The van der Waals surface area contributed by atoms with E-state index >= 15 is 0 Å². The molecule has 1 N–H and O–H groups in total. The van der Waals surface area contributed by atoms with Crippen molar-refractivity contribution in [1.29, 1.82) is 0 Å². The lowest BCUT2D eigenvalue weighted by atomic mass is 10.4. The number of aliphatic hydroxyl groups is 1. The predicted octanol–water partition coefficient (Wildman–Crippen LogP) is -0.399. The highest BCUT2D eigenvalue weighted by Gasteiger charge is 2.24. The van der Waals surface area contributed by atoms with Crippen molar-refractivity contribution in [2.45, 2.75) is 20.0 Å². The highest BCUT2D eigenvalue weighted by atomic mass is 16.7. The van der Waals surface area contributed by atoms with Gasteiger partial charge in [-0.05, 0) is 13.8 Å². The van der Waals surface area contributed by atoms with Crippen molar-refractivity contribution in [2.75, 3.05) is 18.2 Å². The van der Waals surface area contributed by atoms with E-state index in [2.05, 4.69) is 15.2 Å². The average Bonchev–Trinajstić information content (AvgIpc) is 2.57. The zero-order valence-corrected chi connectivity index (χ0v) is 8.14. The number of aromatic nitrogens is 3. The summed E-state index contributed by atoms with van der Waals surface area (Å²) in [4.78, 5) is 9.37. The minimum atomic E-state index is -0.472. The number of aliphatic hydroxyl groups excluding tert-OH is 1. The molecule has 1 aromatic heterocycles. The summed E-state index contributed by atoms with van der Waals surface area (Å²) in [7, 11) is 0.